The Morgan fingerprint density at radius 1 is 1.29 bits per heavy atom. The summed E-state index contributed by atoms with van der Waals surface area (Å²) in [6.07, 6.45) is 5.40. The van der Waals surface area contributed by atoms with Crippen LogP contribution in [0.2, 0.25) is 0 Å². The summed E-state index contributed by atoms with van der Waals surface area (Å²) in [6.45, 7) is 3.90. The van der Waals surface area contributed by atoms with Crippen molar-refractivity contribution >= 4 is 15.9 Å². The molecule has 1 aliphatic rings. The van der Waals surface area contributed by atoms with Crippen molar-refractivity contribution in [3.8, 4) is 0 Å². The molecule has 0 aromatic carbocycles. The number of aryl methyl sites for hydroxylation is 1. The Bertz CT molecular complexity index is 1000. The molecule has 1 aliphatic carbocycles. The van der Waals surface area contributed by atoms with Crippen LogP contribution >= 0.6 is 0 Å². The maximum absolute atomic E-state index is 12.7. The van der Waals surface area contributed by atoms with Crippen molar-refractivity contribution in [3.05, 3.63) is 52.3 Å². The Kier molecular flexibility index (Phi) is 6.04. The van der Waals surface area contributed by atoms with E-state index in [-0.39, 0.29) is 23.4 Å². The highest BCUT2D eigenvalue weighted by atomic mass is 32.2. The molecule has 0 saturated carbocycles. The van der Waals surface area contributed by atoms with E-state index < -0.39 is 15.6 Å². The second-order valence-corrected chi connectivity index (χ2v) is 8.67. The maximum atomic E-state index is 12.7. The lowest BCUT2D eigenvalue weighted by atomic mass is 9.93. The molecule has 0 radical (unpaired) electrons. The molecule has 2 aromatic heterocycles. The third-order valence-corrected chi connectivity index (χ3v) is 7.03. The summed E-state index contributed by atoms with van der Waals surface area (Å²) in [5.41, 5.74) is 0.533. The average Bonchev–Trinajstić information content (AvgIpc) is 3.14. The number of carbonyl (C=O) groups is 1. The van der Waals surface area contributed by atoms with E-state index in [1.54, 1.807) is 20.1 Å². The quantitative estimate of drug-likeness (QED) is 0.752. The third-order valence-electron chi connectivity index (χ3n) is 5.00. The van der Waals surface area contributed by atoms with Gasteiger partial charge in [0.05, 0.1) is 17.2 Å². The number of rotatable bonds is 7. The molecule has 3 rings (SSSR count). The fourth-order valence-electron chi connectivity index (χ4n) is 3.53. The van der Waals surface area contributed by atoms with Crippen molar-refractivity contribution in [2.45, 2.75) is 50.6 Å². The average molecular weight is 407 g/mol. The molecule has 1 atom stereocenters. The Hall–Kier alpha value is -2.39. The lowest BCUT2D eigenvalue weighted by Gasteiger charge is -2.23. The van der Waals surface area contributed by atoms with Gasteiger partial charge in [0.15, 0.2) is 0 Å². The predicted molar refractivity (Wildman–Crippen MR) is 103 cm³/mol. The van der Waals surface area contributed by atoms with Crippen LogP contribution in [0.5, 0.6) is 0 Å². The minimum Gasteiger partial charge on any atom is -0.469 e. The van der Waals surface area contributed by atoms with Crippen molar-refractivity contribution in [2.24, 2.45) is 0 Å². The number of amides is 1. The van der Waals surface area contributed by atoms with Gasteiger partial charge >= 0.3 is 0 Å². The highest BCUT2D eigenvalue weighted by Crippen LogP contribution is 2.30. The van der Waals surface area contributed by atoms with Crippen molar-refractivity contribution in [1.29, 1.82) is 0 Å². The molecule has 0 spiro atoms. The molecular weight excluding hydrogens is 382 g/mol. The summed E-state index contributed by atoms with van der Waals surface area (Å²) in [7, 11) is -3.71. The zero-order chi connectivity index (χ0) is 20.3. The van der Waals surface area contributed by atoms with Gasteiger partial charge in [-0.2, -0.15) is 4.31 Å². The first-order valence-corrected chi connectivity index (χ1v) is 10.9. The van der Waals surface area contributed by atoms with Crippen LogP contribution in [-0.4, -0.2) is 36.3 Å². The highest BCUT2D eigenvalue weighted by molar-refractivity contribution is 7.89. The molecular formula is C19H25N3O5S. The van der Waals surface area contributed by atoms with Crippen molar-refractivity contribution in [2.75, 3.05) is 13.1 Å². The molecule has 152 valence electrons. The SMILES string of the molecule is CCN(CC)S(=O)(=O)c1ccc(=O)n(CC(=O)NC2CCCc3occc32)c1. The second kappa shape index (κ2) is 8.32. The largest absolute Gasteiger partial charge is 0.469 e. The van der Waals surface area contributed by atoms with E-state index >= 15 is 0 Å². The van der Waals surface area contributed by atoms with E-state index in [0.717, 1.165) is 35.2 Å². The molecule has 0 saturated heterocycles. The van der Waals surface area contributed by atoms with E-state index in [1.807, 2.05) is 6.07 Å². The van der Waals surface area contributed by atoms with E-state index in [0.29, 0.717) is 13.1 Å². The zero-order valence-electron chi connectivity index (χ0n) is 16.1. The van der Waals surface area contributed by atoms with Gasteiger partial charge in [0.25, 0.3) is 5.56 Å². The van der Waals surface area contributed by atoms with Gasteiger partial charge in [-0.25, -0.2) is 8.42 Å². The zero-order valence-corrected chi connectivity index (χ0v) is 16.9. The van der Waals surface area contributed by atoms with Crippen LogP contribution in [0.1, 0.15) is 44.1 Å². The topological polar surface area (TPSA) is 102 Å². The number of hydrogen-bond donors (Lipinski definition) is 1. The number of carbonyl (C=O) groups excluding carboxylic acids is 1. The molecule has 2 heterocycles. The summed E-state index contributed by atoms with van der Waals surface area (Å²) >= 11 is 0. The first kappa shape index (κ1) is 20.3. The molecule has 0 bridgehead atoms. The van der Waals surface area contributed by atoms with Gasteiger partial charge in [0.1, 0.15) is 12.3 Å². The van der Waals surface area contributed by atoms with E-state index in [9.17, 15) is 18.0 Å². The van der Waals surface area contributed by atoms with Crippen LogP contribution in [0.4, 0.5) is 0 Å². The van der Waals surface area contributed by atoms with Gasteiger partial charge in [-0.1, -0.05) is 13.8 Å². The van der Waals surface area contributed by atoms with Gasteiger partial charge < -0.3 is 14.3 Å². The number of fused-ring (bicyclic) bond motifs is 1. The number of furan rings is 1. The fraction of sp³-hybridized carbons (Fsp3) is 0.474. The number of pyridine rings is 1. The van der Waals surface area contributed by atoms with Gasteiger partial charge in [-0.15, -0.1) is 0 Å². The molecule has 0 aliphatic heterocycles. The van der Waals surface area contributed by atoms with Crippen molar-refractivity contribution in [1.82, 2.24) is 14.2 Å². The molecule has 1 N–H and O–H groups in total. The Labute approximate surface area is 164 Å². The Morgan fingerprint density at radius 2 is 2.04 bits per heavy atom. The van der Waals surface area contributed by atoms with Crippen LogP contribution in [-0.2, 0) is 27.8 Å². The molecule has 9 heteroatoms. The minimum absolute atomic E-state index is 0.00149. The smallest absolute Gasteiger partial charge is 0.251 e. The van der Waals surface area contributed by atoms with Crippen molar-refractivity contribution in [3.63, 3.8) is 0 Å². The number of hydrogen-bond acceptors (Lipinski definition) is 5. The summed E-state index contributed by atoms with van der Waals surface area (Å²) < 4.78 is 33.2. The standard InChI is InChI=1S/C19H25N3O5S/c1-3-22(4-2)28(25,26)14-8-9-19(24)21(12-14)13-18(23)20-16-6-5-7-17-15(16)10-11-27-17/h8-12,16H,3-7,13H2,1-2H3,(H,20,23). The van der Waals surface area contributed by atoms with Crippen LogP contribution in [0, 0.1) is 0 Å². The first-order valence-electron chi connectivity index (χ1n) is 9.43. The lowest BCUT2D eigenvalue weighted by Crippen LogP contribution is -2.36. The number of aromatic nitrogens is 1. The predicted octanol–water partition coefficient (Wildman–Crippen LogP) is 1.67. The molecule has 0 fully saturated rings. The van der Waals surface area contributed by atoms with Crippen LogP contribution < -0.4 is 10.9 Å². The first-order chi connectivity index (χ1) is 13.4. The van der Waals surface area contributed by atoms with E-state index in [4.69, 9.17) is 4.42 Å². The van der Waals surface area contributed by atoms with Gasteiger partial charge in [-0.3, -0.25) is 9.59 Å². The van der Waals surface area contributed by atoms with Crippen LogP contribution in [0.15, 0.2) is 44.8 Å². The summed E-state index contributed by atoms with van der Waals surface area (Å²) in [5, 5.41) is 2.92. The highest BCUT2D eigenvalue weighted by Gasteiger charge is 2.25. The number of nitrogens with zero attached hydrogens (tertiary/aromatic N) is 2. The second-order valence-electron chi connectivity index (χ2n) is 6.73. The van der Waals surface area contributed by atoms with E-state index in [1.165, 1.54) is 22.6 Å². The normalized spacial score (nSPS) is 16.8. The minimum atomic E-state index is -3.71. The molecule has 8 nitrogen and oxygen atoms in total. The number of sulfonamides is 1. The summed E-state index contributed by atoms with van der Waals surface area (Å²) in [4.78, 5) is 24.7. The Balaban J connectivity index is 1.78. The van der Waals surface area contributed by atoms with Gasteiger partial charge in [-0.05, 0) is 25.0 Å². The van der Waals surface area contributed by atoms with Crippen LogP contribution in [0.25, 0.3) is 0 Å². The number of nitrogens with one attached hydrogen (secondary N) is 1. The van der Waals surface area contributed by atoms with E-state index in [2.05, 4.69) is 5.32 Å². The van der Waals surface area contributed by atoms with Crippen molar-refractivity contribution < 1.29 is 17.6 Å². The summed E-state index contributed by atoms with van der Waals surface area (Å²) in [5.74, 6) is 0.527. The van der Waals surface area contributed by atoms with Crippen LogP contribution in [0.3, 0.4) is 0 Å². The fourth-order valence-corrected chi connectivity index (χ4v) is 5.01. The molecule has 1 unspecified atom stereocenters. The van der Waals surface area contributed by atoms with Gasteiger partial charge in [0, 0.05) is 37.3 Å². The molecule has 1 amide bonds. The monoisotopic (exact) mass is 407 g/mol. The molecule has 28 heavy (non-hydrogen) atoms. The maximum Gasteiger partial charge on any atom is 0.251 e. The third kappa shape index (κ3) is 4.05. The lowest BCUT2D eigenvalue weighted by molar-refractivity contribution is -0.122. The Morgan fingerprint density at radius 3 is 2.75 bits per heavy atom. The molecule has 2 aromatic rings. The van der Waals surface area contributed by atoms with Gasteiger partial charge in [0.2, 0.25) is 15.9 Å². The summed E-state index contributed by atoms with van der Waals surface area (Å²) in [6, 6.07) is 4.15.